The summed E-state index contributed by atoms with van der Waals surface area (Å²) in [7, 11) is -2.50. The van der Waals surface area contributed by atoms with Crippen molar-refractivity contribution in [2.24, 2.45) is 0 Å². The van der Waals surface area contributed by atoms with Gasteiger partial charge in [-0.15, -0.1) is 0 Å². The van der Waals surface area contributed by atoms with Gasteiger partial charge in [0.2, 0.25) is 10.0 Å². The largest absolute Gasteiger partial charge is 0.487 e. The molecule has 162 valence electrons. The fraction of sp³-hybridized carbons (Fsp3) is 0.182. The van der Waals surface area contributed by atoms with Gasteiger partial charge in [0.05, 0.1) is 10.6 Å². The number of carbonyl (C=O) groups excluding carboxylic acids is 1. The number of sulfonamides is 1. The summed E-state index contributed by atoms with van der Waals surface area (Å²) < 4.78 is 36.8. The van der Waals surface area contributed by atoms with Crippen molar-refractivity contribution in [3.05, 3.63) is 89.2 Å². The molecule has 2 aromatic carbocycles. The van der Waals surface area contributed by atoms with Crippen LogP contribution in [0.5, 0.6) is 5.75 Å². The van der Waals surface area contributed by atoms with Crippen LogP contribution in [0.2, 0.25) is 5.02 Å². The number of rotatable bonds is 9. The molecule has 9 heteroatoms. The number of nitrogens with zero attached hydrogens (tertiary/aromatic N) is 2. The highest BCUT2D eigenvalue weighted by atomic mass is 35.5. The summed E-state index contributed by atoms with van der Waals surface area (Å²) in [6.45, 7) is -0.0337. The van der Waals surface area contributed by atoms with Crippen LogP contribution in [0.4, 0.5) is 0 Å². The summed E-state index contributed by atoms with van der Waals surface area (Å²) >= 11 is 5.79. The molecule has 0 unspecified atom stereocenters. The normalized spacial score (nSPS) is 11.3. The van der Waals surface area contributed by atoms with Gasteiger partial charge in [-0.1, -0.05) is 29.8 Å². The number of esters is 1. The Morgan fingerprint density at radius 3 is 2.35 bits per heavy atom. The van der Waals surface area contributed by atoms with Crippen LogP contribution in [0, 0.1) is 0 Å². The molecule has 3 aromatic rings. The quantitative estimate of drug-likeness (QED) is 0.453. The van der Waals surface area contributed by atoms with Crippen molar-refractivity contribution in [1.82, 2.24) is 9.29 Å². The Morgan fingerprint density at radius 1 is 1.00 bits per heavy atom. The molecule has 31 heavy (non-hydrogen) atoms. The first-order chi connectivity index (χ1) is 14.8. The molecule has 3 rings (SSSR count). The Balaban J connectivity index is 1.48. The fourth-order valence-corrected chi connectivity index (χ4v) is 3.83. The van der Waals surface area contributed by atoms with E-state index < -0.39 is 22.5 Å². The SMILES string of the molecule is CN(CC(=O)OCc1ccc(OCc2ccccn2)cc1)S(=O)(=O)c1ccc(Cl)cc1. The third-order valence-electron chi connectivity index (χ3n) is 4.31. The van der Waals surface area contributed by atoms with E-state index in [2.05, 4.69) is 4.98 Å². The topological polar surface area (TPSA) is 85.8 Å². The van der Waals surface area contributed by atoms with Gasteiger partial charge in [0.15, 0.2) is 0 Å². The highest BCUT2D eigenvalue weighted by Crippen LogP contribution is 2.18. The Kier molecular flexibility index (Phi) is 7.62. The average molecular weight is 461 g/mol. The number of ether oxygens (including phenoxy) is 2. The van der Waals surface area contributed by atoms with E-state index in [1.165, 1.54) is 31.3 Å². The first-order valence-corrected chi connectivity index (χ1v) is 11.2. The van der Waals surface area contributed by atoms with E-state index in [0.717, 1.165) is 15.6 Å². The van der Waals surface area contributed by atoms with E-state index >= 15 is 0 Å². The monoisotopic (exact) mass is 460 g/mol. The molecule has 0 bridgehead atoms. The maximum Gasteiger partial charge on any atom is 0.321 e. The van der Waals surface area contributed by atoms with Gasteiger partial charge in [0.1, 0.15) is 25.5 Å². The Hall–Kier alpha value is -2.94. The minimum Gasteiger partial charge on any atom is -0.487 e. The fourth-order valence-electron chi connectivity index (χ4n) is 2.59. The molecule has 0 aliphatic carbocycles. The molecule has 7 nitrogen and oxygen atoms in total. The number of carbonyl (C=O) groups is 1. The maximum absolute atomic E-state index is 12.5. The lowest BCUT2D eigenvalue weighted by molar-refractivity contribution is -0.144. The molecule has 1 heterocycles. The summed E-state index contributed by atoms with van der Waals surface area (Å²) in [5.74, 6) is 0.00466. The molecule has 1 aromatic heterocycles. The van der Waals surface area contributed by atoms with Crippen molar-refractivity contribution >= 4 is 27.6 Å². The minimum absolute atomic E-state index is 0.0220. The van der Waals surface area contributed by atoms with Gasteiger partial charge in [-0.25, -0.2) is 8.42 Å². The van der Waals surface area contributed by atoms with Crippen LogP contribution in [-0.2, 0) is 32.8 Å². The van der Waals surface area contributed by atoms with Gasteiger partial charge in [0.25, 0.3) is 0 Å². The summed E-state index contributed by atoms with van der Waals surface area (Å²) in [6.07, 6.45) is 1.70. The molecule has 0 N–H and O–H groups in total. The first kappa shape index (κ1) is 22.7. The number of hydrogen-bond acceptors (Lipinski definition) is 6. The van der Waals surface area contributed by atoms with Crippen LogP contribution in [0.15, 0.2) is 77.8 Å². The second-order valence-electron chi connectivity index (χ2n) is 6.63. The Morgan fingerprint density at radius 2 is 1.71 bits per heavy atom. The zero-order valence-corrected chi connectivity index (χ0v) is 18.3. The summed E-state index contributed by atoms with van der Waals surface area (Å²) in [6, 6.07) is 18.4. The van der Waals surface area contributed by atoms with E-state index in [-0.39, 0.29) is 11.5 Å². The van der Waals surface area contributed by atoms with Crippen LogP contribution in [0.1, 0.15) is 11.3 Å². The highest BCUT2D eigenvalue weighted by Gasteiger charge is 2.23. The van der Waals surface area contributed by atoms with E-state index in [1.54, 1.807) is 30.5 Å². The molecular weight excluding hydrogens is 440 g/mol. The number of aromatic nitrogens is 1. The molecule has 0 aliphatic heterocycles. The van der Waals surface area contributed by atoms with Crippen molar-refractivity contribution < 1.29 is 22.7 Å². The van der Waals surface area contributed by atoms with Crippen LogP contribution in [0.3, 0.4) is 0 Å². The molecule has 0 atom stereocenters. The molecule has 0 amide bonds. The minimum atomic E-state index is -3.82. The van der Waals surface area contributed by atoms with Crippen LogP contribution in [0.25, 0.3) is 0 Å². The van der Waals surface area contributed by atoms with E-state index in [9.17, 15) is 13.2 Å². The van der Waals surface area contributed by atoms with Gasteiger partial charge in [-0.3, -0.25) is 9.78 Å². The number of likely N-dealkylation sites (N-methyl/N-ethyl adjacent to an activating group) is 1. The molecule has 0 saturated carbocycles. The summed E-state index contributed by atoms with van der Waals surface area (Å²) in [4.78, 5) is 16.3. The predicted octanol–water partition coefficient (Wildman–Crippen LogP) is 3.68. The maximum atomic E-state index is 12.5. The van der Waals surface area contributed by atoms with E-state index in [4.69, 9.17) is 21.1 Å². The number of hydrogen-bond donors (Lipinski definition) is 0. The second-order valence-corrected chi connectivity index (χ2v) is 9.11. The third kappa shape index (κ3) is 6.52. The molecule has 0 radical (unpaired) electrons. The van der Waals surface area contributed by atoms with Crippen molar-refractivity contribution in [2.75, 3.05) is 13.6 Å². The molecule has 0 spiro atoms. The Labute approximate surface area is 186 Å². The lowest BCUT2D eigenvalue weighted by atomic mass is 10.2. The van der Waals surface area contributed by atoms with Crippen molar-refractivity contribution in [3.63, 3.8) is 0 Å². The average Bonchev–Trinajstić information content (AvgIpc) is 2.78. The van der Waals surface area contributed by atoms with Gasteiger partial charge in [-0.05, 0) is 54.1 Å². The third-order valence-corrected chi connectivity index (χ3v) is 6.38. The van der Waals surface area contributed by atoms with Gasteiger partial charge in [0, 0.05) is 18.3 Å². The first-order valence-electron chi connectivity index (χ1n) is 9.34. The Bertz CT molecular complexity index is 1100. The molecule has 0 aliphatic rings. The van der Waals surface area contributed by atoms with Crippen molar-refractivity contribution in [3.8, 4) is 5.75 Å². The van der Waals surface area contributed by atoms with Gasteiger partial charge in [-0.2, -0.15) is 4.31 Å². The van der Waals surface area contributed by atoms with E-state index in [1.807, 2.05) is 18.2 Å². The highest BCUT2D eigenvalue weighted by molar-refractivity contribution is 7.89. The summed E-state index contributed by atoms with van der Waals surface area (Å²) in [5, 5.41) is 0.425. The lowest BCUT2D eigenvalue weighted by Crippen LogP contribution is -2.33. The van der Waals surface area contributed by atoms with E-state index in [0.29, 0.717) is 17.4 Å². The number of pyridine rings is 1. The standard InChI is InChI=1S/C22H21ClN2O5S/c1-25(31(27,28)21-11-7-18(23)8-12-21)14-22(26)30-15-17-5-9-20(10-6-17)29-16-19-4-2-3-13-24-19/h2-13H,14-16H2,1H3. The van der Waals surface area contributed by atoms with Crippen molar-refractivity contribution in [1.29, 1.82) is 0 Å². The zero-order chi connectivity index (χ0) is 22.3. The zero-order valence-electron chi connectivity index (χ0n) is 16.8. The van der Waals surface area contributed by atoms with Crippen LogP contribution in [-0.4, -0.2) is 37.3 Å². The smallest absolute Gasteiger partial charge is 0.321 e. The number of benzene rings is 2. The predicted molar refractivity (Wildman–Crippen MR) is 116 cm³/mol. The van der Waals surface area contributed by atoms with Crippen molar-refractivity contribution in [2.45, 2.75) is 18.1 Å². The van der Waals surface area contributed by atoms with Gasteiger partial charge >= 0.3 is 5.97 Å². The second kappa shape index (κ2) is 10.4. The molecule has 0 saturated heterocycles. The lowest BCUT2D eigenvalue weighted by Gasteiger charge is -2.16. The molecule has 0 fully saturated rings. The van der Waals surface area contributed by atoms with Gasteiger partial charge < -0.3 is 9.47 Å². The van der Waals surface area contributed by atoms with Crippen LogP contribution >= 0.6 is 11.6 Å². The van der Waals surface area contributed by atoms with Crippen LogP contribution < -0.4 is 4.74 Å². The number of halogens is 1. The summed E-state index contributed by atoms with van der Waals surface area (Å²) in [5.41, 5.74) is 1.57. The molecular formula is C22H21ClN2O5S.